The highest BCUT2D eigenvalue weighted by Gasteiger charge is 2.29. The van der Waals surface area contributed by atoms with Gasteiger partial charge < -0.3 is 4.57 Å². The summed E-state index contributed by atoms with van der Waals surface area (Å²) in [6, 6.07) is 11.8. The lowest BCUT2D eigenvalue weighted by atomic mass is 10.0. The fraction of sp³-hybridized carbons (Fsp3) is 0.174. The first kappa shape index (κ1) is 21.2. The number of aromatic nitrogens is 2. The zero-order valence-electron chi connectivity index (χ0n) is 16.2. The van der Waals surface area contributed by atoms with Crippen LogP contribution in [-0.4, -0.2) is 21.1 Å². The number of benzene rings is 2. The molecule has 0 saturated heterocycles. The quantitative estimate of drug-likeness (QED) is 0.418. The SMILES string of the molecule is Cn1ccnc1C(=O)/C=C/c1ccc(CC(=O)Cc2ccc(C(F)(F)F)cc2)cc1. The van der Waals surface area contributed by atoms with Crippen molar-refractivity contribution in [2.75, 3.05) is 0 Å². The molecule has 0 N–H and O–H groups in total. The molecule has 2 aromatic carbocycles. The summed E-state index contributed by atoms with van der Waals surface area (Å²) in [5.41, 5.74) is 1.40. The normalized spacial score (nSPS) is 11.7. The predicted octanol–water partition coefficient (Wildman–Crippen LogP) is 4.69. The van der Waals surface area contributed by atoms with Gasteiger partial charge in [0.1, 0.15) is 5.78 Å². The van der Waals surface area contributed by atoms with Crippen molar-refractivity contribution in [1.82, 2.24) is 9.55 Å². The maximum atomic E-state index is 12.6. The highest BCUT2D eigenvalue weighted by molar-refractivity contribution is 6.04. The van der Waals surface area contributed by atoms with E-state index >= 15 is 0 Å². The van der Waals surface area contributed by atoms with Crippen molar-refractivity contribution in [2.45, 2.75) is 19.0 Å². The van der Waals surface area contributed by atoms with Crippen LogP contribution >= 0.6 is 0 Å². The van der Waals surface area contributed by atoms with Gasteiger partial charge in [-0.1, -0.05) is 42.5 Å². The van der Waals surface area contributed by atoms with Gasteiger partial charge in [0.25, 0.3) is 0 Å². The third kappa shape index (κ3) is 5.53. The fourth-order valence-electron chi connectivity index (χ4n) is 2.93. The smallest absolute Gasteiger partial charge is 0.331 e. The minimum absolute atomic E-state index is 0.0674. The van der Waals surface area contributed by atoms with Crippen LogP contribution in [0, 0.1) is 0 Å². The topological polar surface area (TPSA) is 52.0 Å². The minimum Gasteiger partial charge on any atom is -0.331 e. The molecule has 0 amide bonds. The average molecular weight is 412 g/mol. The number of carbonyl (C=O) groups is 2. The van der Waals surface area contributed by atoms with Gasteiger partial charge in [-0.2, -0.15) is 13.2 Å². The molecule has 30 heavy (non-hydrogen) atoms. The van der Waals surface area contributed by atoms with Gasteiger partial charge in [-0.15, -0.1) is 0 Å². The number of aryl methyl sites for hydroxylation is 1. The molecule has 154 valence electrons. The van der Waals surface area contributed by atoms with Gasteiger partial charge >= 0.3 is 6.18 Å². The molecule has 0 aliphatic carbocycles. The average Bonchev–Trinajstić information content (AvgIpc) is 3.13. The summed E-state index contributed by atoms with van der Waals surface area (Å²) in [7, 11) is 1.74. The van der Waals surface area contributed by atoms with Crippen molar-refractivity contribution in [3.63, 3.8) is 0 Å². The number of Topliss-reactive ketones (excluding diaryl/α,β-unsaturated/α-hetero) is 1. The molecule has 3 aromatic rings. The monoisotopic (exact) mass is 412 g/mol. The van der Waals surface area contributed by atoms with Gasteiger partial charge in [0.15, 0.2) is 5.82 Å². The molecule has 0 radical (unpaired) electrons. The first-order chi connectivity index (χ1) is 14.2. The van der Waals surface area contributed by atoms with E-state index in [1.54, 1.807) is 54.3 Å². The number of alkyl halides is 3. The summed E-state index contributed by atoms with van der Waals surface area (Å²) in [6.45, 7) is 0. The number of allylic oxidation sites excluding steroid dienone is 1. The molecule has 0 spiro atoms. The van der Waals surface area contributed by atoms with Crippen molar-refractivity contribution < 1.29 is 22.8 Å². The van der Waals surface area contributed by atoms with E-state index in [4.69, 9.17) is 0 Å². The van der Waals surface area contributed by atoms with E-state index in [2.05, 4.69) is 4.98 Å². The molecule has 0 fully saturated rings. The summed E-state index contributed by atoms with van der Waals surface area (Å²) < 4.78 is 39.4. The molecule has 7 heteroatoms. The van der Waals surface area contributed by atoms with Crippen molar-refractivity contribution in [3.05, 3.63) is 95.1 Å². The maximum Gasteiger partial charge on any atom is 0.416 e. The van der Waals surface area contributed by atoms with Gasteiger partial charge in [-0.3, -0.25) is 9.59 Å². The second-order valence-corrected chi connectivity index (χ2v) is 6.89. The van der Waals surface area contributed by atoms with Crippen LogP contribution in [0.25, 0.3) is 6.08 Å². The standard InChI is InChI=1S/C23H19F3N2O2/c1-28-13-12-27-22(28)21(30)11-8-16-2-4-17(5-3-16)14-20(29)15-18-6-9-19(10-7-18)23(24,25)26/h2-13H,14-15H2,1H3/b11-8+. The molecule has 1 heterocycles. The van der Waals surface area contributed by atoms with E-state index in [-0.39, 0.29) is 24.4 Å². The van der Waals surface area contributed by atoms with Crippen LogP contribution in [0.5, 0.6) is 0 Å². The number of imidazole rings is 1. The van der Waals surface area contributed by atoms with Crippen LogP contribution in [0.15, 0.2) is 67.0 Å². The molecule has 0 aliphatic heterocycles. The number of hydrogen-bond acceptors (Lipinski definition) is 3. The highest BCUT2D eigenvalue weighted by Crippen LogP contribution is 2.29. The number of hydrogen-bond donors (Lipinski definition) is 0. The van der Waals surface area contributed by atoms with Crippen molar-refractivity contribution in [3.8, 4) is 0 Å². The molecule has 0 bridgehead atoms. The Morgan fingerprint density at radius 3 is 2.03 bits per heavy atom. The van der Waals surface area contributed by atoms with E-state index in [0.29, 0.717) is 11.4 Å². The van der Waals surface area contributed by atoms with Crippen molar-refractivity contribution >= 4 is 17.6 Å². The molecule has 1 aromatic heterocycles. The summed E-state index contributed by atoms with van der Waals surface area (Å²) in [5, 5.41) is 0. The van der Waals surface area contributed by atoms with E-state index in [9.17, 15) is 22.8 Å². The largest absolute Gasteiger partial charge is 0.416 e. The Hall–Kier alpha value is -3.48. The van der Waals surface area contributed by atoms with Gasteiger partial charge in [0, 0.05) is 32.3 Å². The molecular weight excluding hydrogens is 393 g/mol. The zero-order valence-corrected chi connectivity index (χ0v) is 16.2. The fourth-order valence-corrected chi connectivity index (χ4v) is 2.93. The van der Waals surface area contributed by atoms with Gasteiger partial charge in [0.2, 0.25) is 5.78 Å². The number of ketones is 2. The van der Waals surface area contributed by atoms with Crippen molar-refractivity contribution in [1.29, 1.82) is 0 Å². The van der Waals surface area contributed by atoms with Crippen LogP contribution in [0.3, 0.4) is 0 Å². The summed E-state index contributed by atoms with van der Waals surface area (Å²) >= 11 is 0. The number of nitrogens with zero attached hydrogens (tertiary/aromatic N) is 2. The lowest BCUT2D eigenvalue weighted by Gasteiger charge is -2.07. The number of rotatable bonds is 7. The molecule has 0 saturated carbocycles. The Bertz CT molecular complexity index is 1060. The number of halogens is 3. The molecule has 0 aliphatic rings. The third-order valence-corrected chi connectivity index (χ3v) is 4.53. The Morgan fingerprint density at radius 1 is 0.967 bits per heavy atom. The van der Waals surface area contributed by atoms with Crippen LogP contribution in [-0.2, 0) is 30.9 Å². The Kier molecular flexibility index (Phi) is 6.30. The van der Waals surface area contributed by atoms with Gasteiger partial charge in [0.05, 0.1) is 5.56 Å². The molecular formula is C23H19F3N2O2. The van der Waals surface area contributed by atoms with E-state index in [1.807, 2.05) is 0 Å². The summed E-state index contributed by atoms with van der Waals surface area (Å²) in [5.74, 6) is 0.0399. The zero-order chi connectivity index (χ0) is 21.7. The summed E-state index contributed by atoms with van der Waals surface area (Å²) in [4.78, 5) is 28.3. The van der Waals surface area contributed by atoms with Crippen LogP contribution in [0.4, 0.5) is 13.2 Å². The van der Waals surface area contributed by atoms with E-state index in [0.717, 1.165) is 23.3 Å². The van der Waals surface area contributed by atoms with Crippen LogP contribution in [0.1, 0.15) is 32.9 Å². The van der Waals surface area contributed by atoms with Gasteiger partial charge in [-0.05, 0) is 34.9 Å². The molecule has 4 nitrogen and oxygen atoms in total. The van der Waals surface area contributed by atoms with Crippen molar-refractivity contribution in [2.24, 2.45) is 7.05 Å². The second-order valence-electron chi connectivity index (χ2n) is 6.89. The Labute approximate surface area is 171 Å². The lowest BCUT2D eigenvalue weighted by Crippen LogP contribution is -2.08. The number of carbonyl (C=O) groups excluding carboxylic acids is 2. The second kappa shape index (κ2) is 8.90. The van der Waals surface area contributed by atoms with Gasteiger partial charge in [-0.25, -0.2) is 4.98 Å². The maximum absolute atomic E-state index is 12.6. The first-order valence-corrected chi connectivity index (χ1v) is 9.19. The first-order valence-electron chi connectivity index (χ1n) is 9.19. The molecule has 0 atom stereocenters. The van der Waals surface area contributed by atoms with E-state index in [1.165, 1.54) is 18.2 Å². The van der Waals surface area contributed by atoms with Crippen LogP contribution < -0.4 is 0 Å². The molecule has 3 rings (SSSR count). The summed E-state index contributed by atoms with van der Waals surface area (Å²) in [6.07, 6.45) is 2.21. The Balaban J connectivity index is 1.56. The Morgan fingerprint density at radius 2 is 1.53 bits per heavy atom. The highest BCUT2D eigenvalue weighted by atomic mass is 19.4. The predicted molar refractivity (Wildman–Crippen MR) is 107 cm³/mol. The third-order valence-electron chi connectivity index (χ3n) is 4.53. The molecule has 0 unspecified atom stereocenters. The lowest BCUT2D eigenvalue weighted by molar-refractivity contribution is -0.137. The van der Waals surface area contributed by atoms with E-state index < -0.39 is 11.7 Å². The van der Waals surface area contributed by atoms with Crippen LogP contribution in [0.2, 0.25) is 0 Å². The minimum atomic E-state index is -4.39.